The quantitative estimate of drug-likeness (QED) is 0.262. The summed E-state index contributed by atoms with van der Waals surface area (Å²) in [5, 5.41) is 10.4. The van der Waals surface area contributed by atoms with E-state index in [2.05, 4.69) is 0 Å². The van der Waals surface area contributed by atoms with E-state index in [0.29, 0.717) is 25.6 Å². The molecule has 0 spiro atoms. The molecule has 0 aliphatic carbocycles. The molecule has 6 nitrogen and oxygen atoms in total. The van der Waals surface area contributed by atoms with Gasteiger partial charge < -0.3 is 28.8 Å². The third kappa shape index (κ3) is 7.53. The van der Waals surface area contributed by atoms with E-state index in [0.717, 1.165) is 16.7 Å². The summed E-state index contributed by atoms with van der Waals surface area (Å²) in [6.45, 7) is 0.742. The van der Waals surface area contributed by atoms with Crippen LogP contribution in [0, 0.1) is 0 Å². The monoisotopic (exact) mass is 526 g/mol. The maximum absolute atomic E-state index is 10.4. The van der Waals surface area contributed by atoms with Crippen LogP contribution < -0.4 is 4.74 Å². The van der Waals surface area contributed by atoms with Crippen LogP contribution in [-0.2, 0) is 38.8 Å². The molecule has 39 heavy (non-hydrogen) atoms. The van der Waals surface area contributed by atoms with Gasteiger partial charge in [0.1, 0.15) is 24.1 Å². The largest absolute Gasteiger partial charge is 0.485 e. The Kier molecular flexibility index (Phi) is 9.74. The van der Waals surface area contributed by atoms with Crippen LogP contribution in [0.3, 0.4) is 0 Å². The Bertz CT molecular complexity index is 1220. The second-order valence-electron chi connectivity index (χ2n) is 9.44. The number of aliphatic hydroxyl groups is 1. The first-order valence-corrected chi connectivity index (χ1v) is 13.2. The number of ether oxygens (including phenoxy) is 5. The molecule has 5 atom stereocenters. The summed E-state index contributed by atoms with van der Waals surface area (Å²) < 4.78 is 32.1. The fourth-order valence-electron chi connectivity index (χ4n) is 4.61. The number of aliphatic hydroxyl groups excluding tert-OH is 1. The molecular formula is C33H34O6. The van der Waals surface area contributed by atoms with E-state index in [1.165, 1.54) is 0 Å². The van der Waals surface area contributed by atoms with Crippen molar-refractivity contribution in [1.29, 1.82) is 0 Å². The van der Waals surface area contributed by atoms with Gasteiger partial charge in [-0.3, -0.25) is 0 Å². The topological polar surface area (TPSA) is 66.4 Å². The summed E-state index contributed by atoms with van der Waals surface area (Å²) in [6, 6.07) is 39.3. The molecule has 5 rings (SSSR count). The molecule has 0 radical (unpaired) electrons. The molecule has 3 unspecified atom stereocenters. The van der Waals surface area contributed by atoms with Crippen LogP contribution in [0.5, 0.6) is 5.75 Å². The molecule has 4 aromatic rings. The number of rotatable bonds is 12. The van der Waals surface area contributed by atoms with E-state index >= 15 is 0 Å². The van der Waals surface area contributed by atoms with Crippen LogP contribution in [0.1, 0.15) is 16.7 Å². The highest BCUT2D eigenvalue weighted by Crippen LogP contribution is 2.32. The van der Waals surface area contributed by atoms with Crippen LogP contribution in [0.2, 0.25) is 0 Å². The Morgan fingerprint density at radius 3 is 1.44 bits per heavy atom. The van der Waals surface area contributed by atoms with E-state index in [9.17, 15) is 5.11 Å². The van der Waals surface area contributed by atoms with Crippen molar-refractivity contribution in [2.75, 3.05) is 6.61 Å². The maximum atomic E-state index is 10.4. The van der Waals surface area contributed by atoms with Gasteiger partial charge in [0.05, 0.1) is 26.4 Å². The molecule has 0 aromatic heterocycles. The lowest BCUT2D eigenvalue weighted by Crippen LogP contribution is -2.62. The predicted molar refractivity (Wildman–Crippen MR) is 148 cm³/mol. The third-order valence-electron chi connectivity index (χ3n) is 6.61. The van der Waals surface area contributed by atoms with Gasteiger partial charge in [-0.1, -0.05) is 109 Å². The minimum absolute atomic E-state index is 0.265. The number of hydrogen-bond donors (Lipinski definition) is 1. The van der Waals surface area contributed by atoms with Gasteiger partial charge in [-0.25, -0.2) is 0 Å². The number of para-hydroxylation sites is 1. The van der Waals surface area contributed by atoms with Crippen LogP contribution >= 0.6 is 0 Å². The molecule has 0 saturated carbocycles. The Labute approximate surface area is 229 Å². The van der Waals surface area contributed by atoms with Crippen molar-refractivity contribution in [3.8, 4) is 5.75 Å². The second kappa shape index (κ2) is 14.0. The summed E-state index contributed by atoms with van der Waals surface area (Å²) >= 11 is 0. The average molecular weight is 527 g/mol. The fourth-order valence-corrected chi connectivity index (χ4v) is 4.61. The number of hydrogen-bond acceptors (Lipinski definition) is 6. The van der Waals surface area contributed by atoms with Gasteiger partial charge in [-0.05, 0) is 28.8 Å². The van der Waals surface area contributed by atoms with Crippen molar-refractivity contribution in [3.05, 3.63) is 138 Å². The lowest BCUT2D eigenvalue weighted by molar-refractivity contribution is -0.318. The Balaban J connectivity index is 1.44. The van der Waals surface area contributed by atoms with Crippen LogP contribution in [0.4, 0.5) is 0 Å². The van der Waals surface area contributed by atoms with Crippen molar-refractivity contribution >= 4 is 0 Å². The van der Waals surface area contributed by atoms with Gasteiger partial charge in [-0.15, -0.1) is 0 Å². The zero-order valence-corrected chi connectivity index (χ0v) is 21.8. The van der Waals surface area contributed by atoms with E-state index in [1.54, 1.807) is 0 Å². The summed E-state index contributed by atoms with van der Waals surface area (Å²) in [5.74, 6) is 0.656. The Hall–Kier alpha value is -3.52. The van der Waals surface area contributed by atoms with E-state index in [1.807, 2.05) is 121 Å². The first-order chi connectivity index (χ1) is 19.3. The molecule has 4 aromatic carbocycles. The van der Waals surface area contributed by atoms with Gasteiger partial charge in [-0.2, -0.15) is 0 Å². The van der Waals surface area contributed by atoms with Gasteiger partial charge in [0.15, 0.2) is 12.4 Å². The molecule has 1 fully saturated rings. The van der Waals surface area contributed by atoms with Crippen LogP contribution in [0.25, 0.3) is 0 Å². The lowest BCUT2D eigenvalue weighted by atomic mass is 9.97. The molecule has 1 N–H and O–H groups in total. The SMILES string of the molecule is OCC1O[C@H](OCc2ccccc2)C(OCc2ccccc2)C(OCc2ccccc2)[C@@H]1Oc1ccccc1. The van der Waals surface area contributed by atoms with Crippen molar-refractivity contribution in [2.45, 2.75) is 50.5 Å². The molecule has 1 aliphatic rings. The van der Waals surface area contributed by atoms with Gasteiger partial charge in [0.25, 0.3) is 0 Å². The van der Waals surface area contributed by atoms with Crippen molar-refractivity contribution < 1.29 is 28.8 Å². The molecular weight excluding hydrogens is 492 g/mol. The minimum Gasteiger partial charge on any atom is -0.485 e. The first-order valence-electron chi connectivity index (χ1n) is 13.2. The van der Waals surface area contributed by atoms with Crippen LogP contribution in [0.15, 0.2) is 121 Å². The number of benzene rings is 4. The van der Waals surface area contributed by atoms with Crippen molar-refractivity contribution in [1.82, 2.24) is 0 Å². The van der Waals surface area contributed by atoms with E-state index < -0.39 is 30.7 Å². The maximum Gasteiger partial charge on any atom is 0.187 e. The fraction of sp³-hybridized carbons (Fsp3) is 0.273. The summed E-state index contributed by atoms with van der Waals surface area (Å²) in [7, 11) is 0. The highest BCUT2D eigenvalue weighted by Gasteiger charge is 2.49. The van der Waals surface area contributed by atoms with Crippen molar-refractivity contribution in [3.63, 3.8) is 0 Å². The molecule has 202 valence electrons. The summed E-state index contributed by atoms with van der Waals surface area (Å²) in [5.41, 5.74) is 3.05. The molecule has 1 heterocycles. The van der Waals surface area contributed by atoms with Crippen LogP contribution in [-0.4, -0.2) is 42.4 Å². The van der Waals surface area contributed by atoms with Crippen molar-refractivity contribution in [2.24, 2.45) is 0 Å². The Morgan fingerprint density at radius 1 is 0.513 bits per heavy atom. The zero-order chi connectivity index (χ0) is 26.7. The standard InChI is InChI=1S/C33H34O6/c34-21-29-30(38-28-19-11-4-12-20-28)31(35-22-25-13-5-1-6-14-25)32(36-23-26-15-7-2-8-16-26)33(39-29)37-24-27-17-9-3-10-18-27/h1-20,29-34H,21-24H2/t29?,30-,31?,32?,33+/m1/s1. The normalized spacial score (nSPS) is 22.8. The lowest BCUT2D eigenvalue weighted by Gasteiger charge is -2.45. The second-order valence-corrected chi connectivity index (χ2v) is 9.44. The highest BCUT2D eigenvalue weighted by molar-refractivity contribution is 5.22. The molecule has 1 saturated heterocycles. The first kappa shape index (κ1) is 27.1. The third-order valence-corrected chi connectivity index (χ3v) is 6.61. The molecule has 0 amide bonds. The van der Waals surface area contributed by atoms with E-state index in [-0.39, 0.29) is 6.61 Å². The van der Waals surface area contributed by atoms with Gasteiger partial charge in [0, 0.05) is 0 Å². The molecule has 6 heteroatoms. The Morgan fingerprint density at radius 2 is 0.949 bits per heavy atom. The van der Waals surface area contributed by atoms with Gasteiger partial charge in [0.2, 0.25) is 0 Å². The summed E-state index contributed by atoms with van der Waals surface area (Å²) in [4.78, 5) is 0. The van der Waals surface area contributed by atoms with Gasteiger partial charge >= 0.3 is 0 Å². The smallest absolute Gasteiger partial charge is 0.187 e. The molecule has 1 aliphatic heterocycles. The predicted octanol–water partition coefficient (Wildman–Crippen LogP) is 5.54. The minimum atomic E-state index is -0.789. The summed E-state index contributed by atoms with van der Waals surface area (Å²) in [6.07, 6.45) is -3.35. The average Bonchev–Trinajstić information content (AvgIpc) is 3.00. The zero-order valence-electron chi connectivity index (χ0n) is 21.8. The highest BCUT2D eigenvalue weighted by atomic mass is 16.7. The van der Waals surface area contributed by atoms with E-state index in [4.69, 9.17) is 23.7 Å². The molecule has 0 bridgehead atoms.